The van der Waals surface area contributed by atoms with Crippen LogP contribution in [0.15, 0.2) is 48.5 Å². The Hall–Kier alpha value is -2.29. The van der Waals surface area contributed by atoms with E-state index in [1.165, 1.54) is 18.2 Å². The number of morpholine rings is 2. The van der Waals surface area contributed by atoms with E-state index >= 15 is 0 Å². The van der Waals surface area contributed by atoms with Crippen molar-refractivity contribution in [3.05, 3.63) is 70.8 Å². The zero-order valence-electron chi connectivity index (χ0n) is 18.9. The number of aliphatic hydroxyl groups is 1. The number of ether oxygens (including phenoxy) is 3. The lowest BCUT2D eigenvalue weighted by atomic mass is 10.1. The molecule has 174 valence electrons. The van der Waals surface area contributed by atoms with Gasteiger partial charge in [-0.05, 0) is 28.8 Å². The van der Waals surface area contributed by atoms with Gasteiger partial charge < -0.3 is 19.3 Å². The van der Waals surface area contributed by atoms with Crippen molar-refractivity contribution in [3.8, 4) is 0 Å². The van der Waals surface area contributed by atoms with E-state index in [-0.39, 0.29) is 12.6 Å². The van der Waals surface area contributed by atoms with E-state index in [0.29, 0.717) is 5.56 Å². The Bertz CT molecular complexity index is 798. The van der Waals surface area contributed by atoms with Gasteiger partial charge in [-0.15, -0.1) is 0 Å². The number of nitrogens with zero attached hydrogens (tertiary/aromatic N) is 2. The van der Waals surface area contributed by atoms with Crippen LogP contribution < -0.4 is 0 Å². The molecule has 0 amide bonds. The van der Waals surface area contributed by atoms with Crippen LogP contribution in [0.3, 0.4) is 0 Å². The maximum Gasteiger partial charge on any atom is 0.337 e. The van der Waals surface area contributed by atoms with E-state index in [1.54, 1.807) is 0 Å². The molecule has 4 rings (SSSR count). The van der Waals surface area contributed by atoms with Gasteiger partial charge in [-0.3, -0.25) is 9.80 Å². The molecule has 0 bridgehead atoms. The van der Waals surface area contributed by atoms with E-state index in [0.717, 1.165) is 71.3 Å². The topological polar surface area (TPSA) is 71.5 Å². The van der Waals surface area contributed by atoms with Crippen LogP contribution in [0.4, 0.5) is 0 Å². The third-order valence-corrected chi connectivity index (χ3v) is 5.60. The fraction of sp³-hybridized carbons (Fsp3) is 0.480. The van der Waals surface area contributed by atoms with Crippen LogP contribution in [0.2, 0.25) is 0 Å². The summed E-state index contributed by atoms with van der Waals surface area (Å²) in [5.74, 6) is -0.289. The van der Waals surface area contributed by atoms with E-state index in [9.17, 15) is 4.79 Å². The molecule has 7 nitrogen and oxygen atoms in total. The lowest BCUT2D eigenvalue weighted by molar-refractivity contribution is 0.0341. The summed E-state index contributed by atoms with van der Waals surface area (Å²) >= 11 is 0. The molecule has 0 aliphatic carbocycles. The largest absolute Gasteiger partial charge is 0.465 e. The maximum absolute atomic E-state index is 11.3. The van der Waals surface area contributed by atoms with Crippen molar-refractivity contribution in [3.63, 3.8) is 0 Å². The van der Waals surface area contributed by atoms with E-state index < -0.39 is 0 Å². The van der Waals surface area contributed by atoms with Gasteiger partial charge in [0.1, 0.15) is 0 Å². The normalized spacial score (nSPS) is 17.3. The van der Waals surface area contributed by atoms with Gasteiger partial charge in [-0.2, -0.15) is 0 Å². The van der Waals surface area contributed by atoms with Crippen LogP contribution in [0, 0.1) is 0 Å². The second-order valence-corrected chi connectivity index (χ2v) is 7.94. The minimum atomic E-state index is -0.289. The van der Waals surface area contributed by atoms with Crippen molar-refractivity contribution in [1.29, 1.82) is 0 Å². The molecular weight excluding hydrogens is 408 g/mol. The fourth-order valence-electron chi connectivity index (χ4n) is 3.65. The van der Waals surface area contributed by atoms with Crippen molar-refractivity contribution in [2.75, 3.05) is 59.7 Å². The van der Waals surface area contributed by atoms with Gasteiger partial charge in [0, 0.05) is 39.3 Å². The Labute approximate surface area is 190 Å². The summed E-state index contributed by atoms with van der Waals surface area (Å²) in [6, 6.07) is 15.7. The minimum absolute atomic E-state index is 0.123. The lowest BCUT2D eigenvalue weighted by Gasteiger charge is -2.26. The lowest BCUT2D eigenvalue weighted by Crippen LogP contribution is -2.35. The minimum Gasteiger partial charge on any atom is -0.465 e. The van der Waals surface area contributed by atoms with Gasteiger partial charge in [0.2, 0.25) is 0 Å². The van der Waals surface area contributed by atoms with Crippen molar-refractivity contribution in [2.24, 2.45) is 0 Å². The van der Waals surface area contributed by atoms with Gasteiger partial charge in [0.05, 0.1) is 45.7 Å². The molecule has 1 N–H and O–H groups in total. The zero-order valence-corrected chi connectivity index (χ0v) is 18.9. The van der Waals surface area contributed by atoms with Gasteiger partial charge in [-0.25, -0.2) is 4.79 Å². The van der Waals surface area contributed by atoms with Gasteiger partial charge in [-0.1, -0.05) is 36.4 Å². The fourth-order valence-corrected chi connectivity index (χ4v) is 3.65. The quantitative estimate of drug-likeness (QED) is 0.689. The highest BCUT2D eigenvalue weighted by Gasteiger charge is 2.12. The molecule has 32 heavy (non-hydrogen) atoms. The first-order valence-corrected chi connectivity index (χ1v) is 11.1. The highest BCUT2D eigenvalue weighted by Crippen LogP contribution is 2.10. The predicted molar refractivity (Wildman–Crippen MR) is 122 cm³/mol. The molecular formula is C25H34N2O5. The summed E-state index contributed by atoms with van der Waals surface area (Å²) in [6.45, 7) is 9.28. The van der Waals surface area contributed by atoms with Gasteiger partial charge in [0.15, 0.2) is 0 Å². The molecule has 0 spiro atoms. The van der Waals surface area contributed by atoms with Crippen LogP contribution in [-0.2, 0) is 33.9 Å². The number of aliphatic hydroxyl groups excluding tert-OH is 1. The molecule has 2 heterocycles. The molecule has 0 unspecified atom stereocenters. The Morgan fingerprint density at radius 2 is 1.19 bits per heavy atom. The Morgan fingerprint density at radius 1 is 0.781 bits per heavy atom. The molecule has 0 saturated carbocycles. The number of hydrogen-bond donors (Lipinski definition) is 1. The van der Waals surface area contributed by atoms with Crippen LogP contribution in [0.25, 0.3) is 0 Å². The second-order valence-electron chi connectivity index (χ2n) is 7.94. The third kappa shape index (κ3) is 8.00. The van der Waals surface area contributed by atoms with E-state index in [2.05, 4.69) is 26.7 Å². The number of methoxy groups -OCH3 is 1. The molecule has 2 fully saturated rings. The van der Waals surface area contributed by atoms with Crippen molar-refractivity contribution >= 4 is 5.97 Å². The summed E-state index contributed by atoms with van der Waals surface area (Å²) in [5.41, 5.74) is 4.08. The van der Waals surface area contributed by atoms with Crippen LogP contribution in [0.1, 0.15) is 27.0 Å². The molecule has 0 aromatic heterocycles. The van der Waals surface area contributed by atoms with Crippen molar-refractivity contribution < 1.29 is 24.1 Å². The Balaban J connectivity index is 0.000000182. The predicted octanol–water partition coefficient (Wildman–Crippen LogP) is 2.32. The average molecular weight is 443 g/mol. The molecule has 7 heteroatoms. The van der Waals surface area contributed by atoms with Crippen molar-refractivity contribution in [1.82, 2.24) is 9.80 Å². The van der Waals surface area contributed by atoms with Gasteiger partial charge >= 0.3 is 5.97 Å². The SMILES string of the molecule is COC(=O)c1ccc(CN2CCOCC2)cc1.OCc1ccc(CN2CCOCC2)cc1. The first-order valence-electron chi connectivity index (χ1n) is 11.1. The highest BCUT2D eigenvalue weighted by molar-refractivity contribution is 5.89. The number of esters is 1. The summed E-state index contributed by atoms with van der Waals surface area (Å²) in [7, 11) is 1.39. The molecule has 0 atom stereocenters. The molecule has 2 aromatic carbocycles. The second kappa shape index (κ2) is 13.3. The monoisotopic (exact) mass is 442 g/mol. The summed E-state index contributed by atoms with van der Waals surface area (Å²) < 4.78 is 15.3. The number of carbonyl (C=O) groups excluding carboxylic acids is 1. The van der Waals surface area contributed by atoms with Crippen LogP contribution in [-0.4, -0.2) is 80.6 Å². The van der Waals surface area contributed by atoms with Crippen molar-refractivity contribution in [2.45, 2.75) is 19.7 Å². The number of carbonyl (C=O) groups is 1. The zero-order chi connectivity index (χ0) is 22.6. The molecule has 0 radical (unpaired) electrons. The first kappa shape index (κ1) is 24.4. The first-order chi connectivity index (χ1) is 15.7. The van der Waals surface area contributed by atoms with E-state index in [1.807, 2.05) is 36.4 Å². The average Bonchev–Trinajstić information content (AvgIpc) is 2.86. The molecule has 2 aromatic rings. The summed E-state index contributed by atoms with van der Waals surface area (Å²) in [4.78, 5) is 16.0. The maximum atomic E-state index is 11.3. The highest BCUT2D eigenvalue weighted by atomic mass is 16.5. The number of rotatable bonds is 6. The third-order valence-electron chi connectivity index (χ3n) is 5.60. The standard InChI is InChI=1S/C13H17NO3.C12H17NO2/c1-16-13(15)12-4-2-11(3-5-12)10-14-6-8-17-9-7-14;14-10-12-3-1-11(2-4-12)9-13-5-7-15-8-6-13/h2-5H,6-10H2,1H3;1-4,14H,5-10H2. The molecule has 2 aliphatic heterocycles. The van der Waals surface area contributed by atoms with Crippen LogP contribution in [0.5, 0.6) is 0 Å². The number of hydrogen-bond acceptors (Lipinski definition) is 7. The molecule has 2 aliphatic rings. The number of benzene rings is 2. The van der Waals surface area contributed by atoms with Gasteiger partial charge in [0.25, 0.3) is 0 Å². The summed E-state index contributed by atoms with van der Waals surface area (Å²) in [5, 5.41) is 8.92. The Morgan fingerprint density at radius 3 is 1.59 bits per heavy atom. The van der Waals surface area contributed by atoms with E-state index in [4.69, 9.17) is 14.6 Å². The Kier molecular flexibility index (Phi) is 10.1. The summed E-state index contributed by atoms with van der Waals surface area (Å²) in [6.07, 6.45) is 0. The van der Waals surface area contributed by atoms with Crippen LogP contribution >= 0.6 is 0 Å². The smallest absolute Gasteiger partial charge is 0.337 e. The molecule has 2 saturated heterocycles.